The number of hydrogen-bond acceptors (Lipinski definition) is 6. The second-order valence-corrected chi connectivity index (χ2v) is 12.4. The number of fused-ring (bicyclic) bond motifs is 1. The number of ether oxygens (including phenoxy) is 1. The molecule has 1 amide bonds. The summed E-state index contributed by atoms with van der Waals surface area (Å²) in [7, 11) is 0. The van der Waals surface area contributed by atoms with Crippen LogP contribution in [0.15, 0.2) is 83.7 Å². The molecule has 0 bridgehead atoms. The molecule has 2 aliphatic rings. The third-order valence-corrected chi connectivity index (χ3v) is 9.34. The number of pyridine rings is 1. The van der Waals surface area contributed by atoms with E-state index in [2.05, 4.69) is 20.0 Å². The highest BCUT2D eigenvalue weighted by molar-refractivity contribution is 6.30. The molecule has 6 rings (SSSR count). The molecule has 1 N–H and O–H groups in total. The molecule has 3 aromatic carbocycles. The molecular formula is C36H42ClN5O3. The summed E-state index contributed by atoms with van der Waals surface area (Å²) < 4.78 is 7.92. The average Bonchev–Trinajstić information content (AvgIpc) is 3.60. The third-order valence-electron chi connectivity index (χ3n) is 9.09. The molecule has 1 aromatic heterocycles. The van der Waals surface area contributed by atoms with Gasteiger partial charge in [0.2, 0.25) is 0 Å². The van der Waals surface area contributed by atoms with Crippen molar-refractivity contribution in [2.45, 2.75) is 38.8 Å². The number of nitrogens with zero attached hydrogens (tertiary/aromatic N) is 4. The Balaban J connectivity index is 1.32. The van der Waals surface area contributed by atoms with Gasteiger partial charge in [0.15, 0.2) is 5.75 Å². The number of carbonyl (C=O) groups is 1. The van der Waals surface area contributed by atoms with Crippen molar-refractivity contribution in [2.24, 2.45) is 0 Å². The summed E-state index contributed by atoms with van der Waals surface area (Å²) in [6, 6.07) is 24.3. The van der Waals surface area contributed by atoms with Gasteiger partial charge in [-0.2, -0.15) is 0 Å². The fraction of sp³-hybridized carbons (Fsp3) is 0.389. The normalized spacial score (nSPS) is 17.0. The summed E-state index contributed by atoms with van der Waals surface area (Å²) in [5.41, 5.74) is 2.18. The molecule has 0 saturated carbocycles. The molecule has 1 atom stereocenters. The van der Waals surface area contributed by atoms with Crippen LogP contribution in [0.3, 0.4) is 0 Å². The van der Waals surface area contributed by atoms with E-state index in [9.17, 15) is 9.59 Å². The van der Waals surface area contributed by atoms with Crippen molar-refractivity contribution in [1.82, 2.24) is 24.6 Å². The number of rotatable bonds is 10. The number of benzene rings is 3. The highest BCUT2D eigenvalue weighted by atomic mass is 35.5. The van der Waals surface area contributed by atoms with Crippen LogP contribution in [0.4, 0.5) is 4.79 Å². The van der Waals surface area contributed by atoms with Crippen LogP contribution in [-0.4, -0.2) is 77.7 Å². The second kappa shape index (κ2) is 14.6. The van der Waals surface area contributed by atoms with E-state index in [4.69, 9.17) is 16.3 Å². The Morgan fingerprint density at radius 2 is 1.40 bits per heavy atom. The molecule has 236 valence electrons. The largest absolute Gasteiger partial charge is 0.413 e. The van der Waals surface area contributed by atoms with Crippen molar-refractivity contribution in [3.63, 3.8) is 0 Å². The smallest absolute Gasteiger partial charge is 0.408 e. The highest BCUT2D eigenvalue weighted by Gasteiger charge is 2.26. The number of halogens is 1. The summed E-state index contributed by atoms with van der Waals surface area (Å²) in [5, 5.41) is 4.75. The average molecular weight is 628 g/mol. The molecule has 2 fully saturated rings. The van der Waals surface area contributed by atoms with Crippen molar-refractivity contribution in [1.29, 1.82) is 0 Å². The van der Waals surface area contributed by atoms with Gasteiger partial charge in [-0.3, -0.25) is 19.2 Å². The van der Waals surface area contributed by atoms with Crippen LogP contribution < -0.4 is 15.6 Å². The lowest BCUT2D eigenvalue weighted by atomic mass is 10.1. The molecule has 4 aromatic rings. The molecule has 45 heavy (non-hydrogen) atoms. The summed E-state index contributed by atoms with van der Waals surface area (Å²) >= 11 is 6.24. The second-order valence-electron chi connectivity index (χ2n) is 12.0. The maximum absolute atomic E-state index is 14.1. The monoisotopic (exact) mass is 627 g/mol. The van der Waals surface area contributed by atoms with Crippen molar-refractivity contribution >= 4 is 28.5 Å². The molecule has 2 aliphatic heterocycles. The van der Waals surface area contributed by atoms with Crippen LogP contribution in [0.5, 0.6) is 5.75 Å². The Morgan fingerprint density at radius 3 is 2.07 bits per heavy atom. The standard InChI is InChI=1S/C36H42ClN5O3/c1-2-32(27-10-4-3-5-11-27)38-36(44)45-34-30-12-6-7-13-31(30)35(43)42(29-16-14-28(37)15-17-29)33(34)26-41-24-22-40(23-25-41)21-20-39-18-8-9-19-39/h3-7,10-17,32H,2,8-9,18-26H2,1H3,(H,38,44)/t32-/m0/s1. The summed E-state index contributed by atoms with van der Waals surface area (Å²) in [5.74, 6) is 0.400. The Hall–Kier alpha value is -3.69. The van der Waals surface area contributed by atoms with Gasteiger partial charge in [0.25, 0.3) is 5.56 Å². The first-order valence-electron chi connectivity index (χ1n) is 16.1. The number of piperazine rings is 1. The van der Waals surface area contributed by atoms with Gasteiger partial charge in [-0.25, -0.2) is 4.79 Å². The Bertz CT molecular complexity index is 1650. The maximum Gasteiger partial charge on any atom is 0.413 e. The van der Waals surface area contributed by atoms with Crippen molar-refractivity contribution in [3.8, 4) is 11.4 Å². The van der Waals surface area contributed by atoms with Gasteiger partial charge in [0, 0.05) is 61.9 Å². The maximum atomic E-state index is 14.1. The number of nitrogens with one attached hydrogen (secondary N) is 1. The van der Waals surface area contributed by atoms with Crippen molar-refractivity contribution < 1.29 is 9.53 Å². The molecule has 0 aliphatic carbocycles. The molecule has 8 nitrogen and oxygen atoms in total. The zero-order valence-electron chi connectivity index (χ0n) is 26.0. The Morgan fingerprint density at radius 1 is 0.800 bits per heavy atom. The van der Waals surface area contributed by atoms with E-state index in [1.54, 1.807) is 22.8 Å². The minimum atomic E-state index is -0.551. The minimum absolute atomic E-state index is 0.157. The predicted octanol–water partition coefficient (Wildman–Crippen LogP) is 6.10. The molecule has 0 unspecified atom stereocenters. The summed E-state index contributed by atoms with van der Waals surface area (Å²) in [6.07, 6.45) is 2.77. The molecule has 9 heteroatoms. The van der Waals surface area contributed by atoms with E-state index in [0.29, 0.717) is 45.9 Å². The van der Waals surface area contributed by atoms with Crippen LogP contribution in [0.25, 0.3) is 16.5 Å². The first kappa shape index (κ1) is 31.3. The molecular weight excluding hydrogens is 586 g/mol. The quantitative estimate of drug-likeness (QED) is 0.229. The van der Waals surface area contributed by atoms with Gasteiger partial charge in [0.1, 0.15) is 0 Å². The van der Waals surface area contributed by atoms with E-state index in [-0.39, 0.29) is 11.6 Å². The highest BCUT2D eigenvalue weighted by Crippen LogP contribution is 2.32. The fourth-order valence-electron chi connectivity index (χ4n) is 6.53. The fourth-order valence-corrected chi connectivity index (χ4v) is 6.66. The number of amides is 1. The first-order valence-corrected chi connectivity index (χ1v) is 16.5. The molecule has 2 saturated heterocycles. The zero-order valence-corrected chi connectivity index (χ0v) is 26.7. The SMILES string of the molecule is CC[C@H](NC(=O)Oc1c(CN2CCN(CCN3CCCC3)CC2)n(-c2ccc(Cl)cc2)c(=O)c2ccccc12)c1ccccc1. The van der Waals surface area contributed by atoms with Gasteiger partial charge in [-0.05, 0) is 68.2 Å². The molecule has 3 heterocycles. The zero-order chi connectivity index (χ0) is 31.2. The first-order chi connectivity index (χ1) is 22.0. The van der Waals surface area contributed by atoms with Crippen LogP contribution in [0, 0.1) is 0 Å². The lowest BCUT2D eigenvalue weighted by Crippen LogP contribution is -2.48. The number of aromatic nitrogens is 1. The van der Waals surface area contributed by atoms with E-state index >= 15 is 0 Å². The molecule has 0 spiro atoms. The van der Waals surface area contributed by atoms with Gasteiger partial charge in [0.05, 0.1) is 17.1 Å². The van der Waals surface area contributed by atoms with E-state index in [0.717, 1.165) is 44.8 Å². The number of carbonyl (C=O) groups excluding carboxylic acids is 1. The third kappa shape index (κ3) is 7.42. The lowest BCUT2D eigenvalue weighted by molar-refractivity contribution is 0.115. The van der Waals surface area contributed by atoms with E-state index in [1.165, 1.54) is 25.9 Å². The van der Waals surface area contributed by atoms with E-state index in [1.807, 2.05) is 67.6 Å². The number of likely N-dealkylation sites (tertiary alicyclic amines) is 1. The molecule has 0 radical (unpaired) electrons. The van der Waals surface area contributed by atoms with Crippen LogP contribution in [-0.2, 0) is 6.54 Å². The Kier molecular flexibility index (Phi) is 10.2. The summed E-state index contributed by atoms with van der Waals surface area (Å²) in [6.45, 7) is 10.8. The van der Waals surface area contributed by atoms with E-state index < -0.39 is 6.09 Å². The van der Waals surface area contributed by atoms with Crippen LogP contribution >= 0.6 is 11.6 Å². The minimum Gasteiger partial charge on any atom is -0.408 e. The van der Waals surface area contributed by atoms with Gasteiger partial charge in [-0.15, -0.1) is 0 Å². The summed E-state index contributed by atoms with van der Waals surface area (Å²) in [4.78, 5) is 35.2. The van der Waals surface area contributed by atoms with Gasteiger partial charge in [-0.1, -0.05) is 67.1 Å². The van der Waals surface area contributed by atoms with Crippen molar-refractivity contribution in [2.75, 3.05) is 52.4 Å². The number of hydrogen-bond donors (Lipinski definition) is 1. The van der Waals surface area contributed by atoms with Crippen LogP contribution in [0.2, 0.25) is 5.02 Å². The predicted molar refractivity (Wildman–Crippen MR) is 181 cm³/mol. The van der Waals surface area contributed by atoms with Gasteiger partial charge >= 0.3 is 6.09 Å². The van der Waals surface area contributed by atoms with Crippen molar-refractivity contribution in [3.05, 3.63) is 105 Å². The lowest BCUT2D eigenvalue weighted by Gasteiger charge is -2.36. The van der Waals surface area contributed by atoms with Gasteiger partial charge < -0.3 is 15.0 Å². The Labute approximate surface area is 270 Å². The van der Waals surface area contributed by atoms with Crippen LogP contribution in [0.1, 0.15) is 43.5 Å². The topological polar surface area (TPSA) is 70.1 Å².